The van der Waals surface area contributed by atoms with Crippen LogP contribution in [-0.4, -0.2) is 11.9 Å². The molecular formula is C11H15ClF3N. The van der Waals surface area contributed by atoms with Crippen LogP contribution >= 0.6 is 11.6 Å². The van der Waals surface area contributed by atoms with Crippen molar-refractivity contribution in [3.8, 4) is 0 Å². The van der Waals surface area contributed by atoms with E-state index in [-0.39, 0.29) is 5.03 Å². The minimum absolute atomic E-state index is 0.0537. The first-order valence-corrected chi connectivity index (χ1v) is 5.22. The van der Waals surface area contributed by atoms with Gasteiger partial charge >= 0.3 is 6.18 Å². The number of nitrogens with zero attached hydrogens (tertiary/aromatic N) is 1. The van der Waals surface area contributed by atoms with E-state index in [2.05, 4.69) is 4.99 Å². The van der Waals surface area contributed by atoms with Crippen LogP contribution in [0.1, 0.15) is 34.1 Å². The van der Waals surface area contributed by atoms with Gasteiger partial charge in [-0.3, -0.25) is 0 Å². The van der Waals surface area contributed by atoms with E-state index < -0.39 is 11.9 Å². The van der Waals surface area contributed by atoms with E-state index in [0.29, 0.717) is 12.1 Å². The summed E-state index contributed by atoms with van der Waals surface area (Å²) in [5.74, 6) is 0. The molecule has 92 valence electrons. The summed E-state index contributed by atoms with van der Waals surface area (Å²) in [5.41, 5.74) is 0.233. The van der Waals surface area contributed by atoms with Crippen molar-refractivity contribution in [2.24, 2.45) is 4.99 Å². The third-order valence-corrected chi connectivity index (χ3v) is 2.17. The molecule has 16 heavy (non-hydrogen) atoms. The van der Waals surface area contributed by atoms with Gasteiger partial charge < -0.3 is 0 Å². The fourth-order valence-corrected chi connectivity index (χ4v) is 1.00. The SMILES string of the molecule is CC/C(C)=C(C)/N=C(/C=C(\C)Cl)C(F)(F)F. The molecule has 0 bridgehead atoms. The lowest BCUT2D eigenvalue weighted by Crippen LogP contribution is -2.21. The van der Waals surface area contributed by atoms with Crippen LogP contribution in [0.2, 0.25) is 0 Å². The van der Waals surface area contributed by atoms with Gasteiger partial charge in [0.1, 0.15) is 5.71 Å². The molecule has 0 aromatic rings. The van der Waals surface area contributed by atoms with Gasteiger partial charge in [0.25, 0.3) is 0 Å². The number of aliphatic imine (C=N–C) groups is 1. The zero-order valence-electron chi connectivity index (χ0n) is 9.74. The topological polar surface area (TPSA) is 12.4 Å². The van der Waals surface area contributed by atoms with E-state index in [1.807, 2.05) is 6.92 Å². The second-order valence-electron chi connectivity index (χ2n) is 3.45. The molecule has 0 spiro atoms. The third kappa shape index (κ3) is 5.35. The van der Waals surface area contributed by atoms with E-state index in [0.717, 1.165) is 11.6 Å². The summed E-state index contributed by atoms with van der Waals surface area (Å²) in [5, 5.41) is 0.0537. The molecule has 1 nitrogen and oxygen atoms in total. The Kier molecular flexibility index (Phi) is 5.79. The van der Waals surface area contributed by atoms with E-state index >= 15 is 0 Å². The van der Waals surface area contributed by atoms with Gasteiger partial charge in [0.15, 0.2) is 0 Å². The minimum atomic E-state index is -4.48. The first-order valence-electron chi connectivity index (χ1n) is 4.84. The van der Waals surface area contributed by atoms with Crippen molar-refractivity contribution in [3.05, 3.63) is 22.4 Å². The average Bonchev–Trinajstić information content (AvgIpc) is 2.13. The zero-order valence-corrected chi connectivity index (χ0v) is 10.5. The molecule has 0 radical (unpaired) electrons. The molecule has 0 N–H and O–H groups in total. The molecule has 0 saturated heterocycles. The van der Waals surface area contributed by atoms with Crippen LogP contribution in [-0.2, 0) is 0 Å². The Hall–Kier alpha value is -0.770. The van der Waals surface area contributed by atoms with Crippen LogP contribution in [0.4, 0.5) is 13.2 Å². The number of alkyl halides is 3. The summed E-state index contributed by atoms with van der Waals surface area (Å²) in [6.45, 7) is 6.56. The summed E-state index contributed by atoms with van der Waals surface area (Å²) in [6.07, 6.45) is -2.98. The highest BCUT2D eigenvalue weighted by Crippen LogP contribution is 2.22. The van der Waals surface area contributed by atoms with E-state index in [1.165, 1.54) is 6.92 Å². The molecule has 0 saturated carbocycles. The molecule has 0 fully saturated rings. The van der Waals surface area contributed by atoms with Crippen LogP contribution < -0.4 is 0 Å². The van der Waals surface area contributed by atoms with Gasteiger partial charge in [-0.2, -0.15) is 13.2 Å². The highest BCUT2D eigenvalue weighted by molar-refractivity contribution is 6.31. The smallest absolute Gasteiger partial charge is 0.249 e. The average molecular weight is 254 g/mol. The Morgan fingerprint density at radius 3 is 2.06 bits per heavy atom. The standard InChI is InChI=1S/C11H15ClF3N/c1-5-7(2)9(4)16-10(6-8(3)12)11(13,14)15/h6H,5H2,1-4H3/b8-6+,9-7+,16-10-. The lowest BCUT2D eigenvalue weighted by Gasteiger charge is -2.08. The number of halogens is 4. The van der Waals surface area contributed by atoms with Crippen LogP contribution in [0.25, 0.3) is 0 Å². The Bertz CT molecular complexity index is 334. The predicted molar refractivity (Wildman–Crippen MR) is 61.8 cm³/mol. The highest BCUT2D eigenvalue weighted by Gasteiger charge is 2.34. The number of allylic oxidation sites excluding steroid dienone is 4. The summed E-state index contributed by atoms with van der Waals surface area (Å²) in [4.78, 5) is 3.57. The normalized spacial score (nSPS) is 16.2. The fourth-order valence-electron chi connectivity index (χ4n) is 0.898. The maximum absolute atomic E-state index is 12.6. The molecule has 0 atom stereocenters. The second-order valence-corrected chi connectivity index (χ2v) is 4.04. The maximum atomic E-state index is 12.6. The Morgan fingerprint density at radius 2 is 1.75 bits per heavy atom. The van der Waals surface area contributed by atoms with Crippen LogP contribution in [0.15, 0.2) is 27.4 Å². The van der Waals surface area contributed by atoms with Gasteiger partial charge in [-0.1, -0.05) is 24.1 Å². The maximum Gasteiger partial charge on any atom is 0.433 e. The predicted octanol–water partition coefficient (Wildman–Crippen LogP) is 4.84. The Morgan fingerprint density at radius 1 is 1.25 bits per heavy atom. The molecule has 0 aliphatic carbocycles. The molecule has 0 aromatic heterocycles. The van der Waals surface area contributed by atoms with Gasteiger partial charge in [-0.25, -0.2) is 4.99 Å². The van der Waals surface area contributed by atoms with E-state index in [1.54, 1.807) is 13.8 Å². The van der Waals surface area contributed by atoms with E-state index in [4.69, 9.17) is 11.6 Å². The van der Waals surface area contributed by atoms with Crippen LogP contribution in [0, 0.1) is 0 Å². The summed E-state index contributed by atoms with van der Waals surface area (Å²) >= 11 is 5.44. The van der Waals surface area contributed by atoms with Crippen molar-refractivity contribution < 1.29 is 13.2 Å². The first kappa shape index (κ1) is 15.2. The molecule has 0 amide bonds. The second kappa shape index (κ2) is 6.09. The van der Waals surface area contributed by atoms with Crippen LogP contribution in [0.5, 0.6) is 0 Å². The van der Waals surface area contributed by atoms with Gasteiger partial charge in [-0.15, -0.1) is 0 Å². The molecule has 0 aliphatic rings. The van der Waals surface area contributed by atoms with Crippen molar-refractivity contribution >= 4 is 17.3 Å². The van der Waals surface area contributed by atoms with Crippen molar-refractivity contribution in [1.29, 1.82) is 0 Å². The summed E-state index contributed by atoms with van der Waals surface area (Å²) < 4.78 is 37.7. The molecule has 0 unspecified atom stereocenters. The van der Waals surface area contributed by atoms with Gasteiger partial charge in [0.05, 0.1) is 0 Å². The minimum Gasteiger partial charge on any atom is -0.249 e. The van der Waals surface area contributed by atoms with Crippen LogP contribution in [0.3, 0.4) is 0 Å². The summed E-state index contributed by atoms with van der Waals surface area (Å²) in [6, 6.07) is 0. The van der Waals surface area contributed by atoms with Gasteiger partial charge in [0.2, 0.25) is 0 Å². The molecule has 0 rings (SSSR count). The van der Waals surface area contributed by atoms with E-state index in [9.17, 15) is 13.2 Å². The lowest BCUT2D eigenvalue weighted by atomic mass is 10.2. The highest BCUT2D eigenvalue weighted by atomic mass is 35.5. The van der Waals surface area contributed by atoms with Crippen molar-refractivity contribution in [3.63, 3.8) is 0 Å². The fraction of sp³-hybridized carbons (Fsp3) is 0.545. The number of rotatable bonds is 3. The Labute approximate surface area is 98.7 Å². The monoisotopic (exact) mass is 253 g/mol. The number of hydrogen-bond acceptors (Lipinski definition) is 1. The Balaban J connectivity index is 5.38. The van der Waals surface area contributed by atoms with Crippen molar-refractivity contribution in [2.75, 3.05) is 0 Å². The molecule has 0 aliphatic heterocycles. The molecule has 0 aromatic carbocycles. The summed E-state index contributed by atoms with van der Waals surface area (Å²) in [7, 11) is 0. The number of hydrogen-bond donors (Lipinski definition) is 0. The van der Waals surface area contributed by atoms with Crippen molar-refractivity contribution in [1.82, 2.24) is 0 Å². The van der Waals surface area contributed by atoms with Gasteiger partial charge in [0, 0.05) is 10.7 Å². The van der Waals surface area contributed by atoms with Crippen molar-refractivity contribution in [2.45, 2.75) is 40.3 Å². The third-order valence-electron chi connectivity index (χ3n) is 2.06. The quantitative estimate of drug-likeness (QED) is 0.639. The largest absolute Gasteiger partial charge is 0.433 e. The molecule has 5 heteroatoms. The zero-order chi connectivity index (χ0) is 12.9. The van der Waals surface area contributed by atoms with Gasteiger partial charge in [-0.05, 0) is 33.3 Å². The first-order chi connectivity index (χ1) is 7.18. The lowest BCUT2D eigenvalue weighted by molar-refractivity contribution is -0.0577. The molecular weight excluding hydrogens is 239 g/mol. The molecule has 0 heterocycles.